The summed E-state index contributed by atoms with van der Waals surface area (Å²) in [6.45, 7) is 11.9. The van der Waals surface area contributed by atoms with Crippen molar-refractivity contribution in [1.29, 1.82) is 0 Å². The van der Waals surface area contributed by atoms with Crippen LogP contribution in [0.3, 0.4) is 0 Å². The molecule has 2 rings (SSSR count). The third-order valence-corrected chi connectivity index (χ3v) is 3.78. The Bertz CT molecular complexity index is 387. The Hall–Kier alpha value is -0.820. The Morgan fingerprint density at radius 1 is 1.27 bits per heavy atom. The van der Waals surface area contributed by atoms with E-state index >= 15 is 0 Å². The molecule has 0 saturated carbocycles. The lowest BCUT2D eigenvalue weighted by atomic mass is 9.72. The zero-order valence-corrected chi connectivity index (χ0v) is 10.3. The van der Waals surface area contributed by atoms with Gasteiger partial charge in [-0.25, -0.2) is 0 Å². The molecule has 1 heteroatoms. The fourth-order valence-corrected chi connectivity index (χ4v) is 2.42. The second-order valence-electron chi connectivity index (χ2n) is 5.68. The van der Waals surface area contributed by atoms with Gasteiger partial charge in [-0.2, -0.15) is 0 Å². The zero-order chi connectivity index (χ0) is 11.3. The van der Waals surface area contributed by atoms with Crippen molar-refractivity contribution in [1.82, 2.24) is 0 Å². The molecule has 1 atom stereocenters. The van der Waals surface area contributed by atoms with E-state index in [0.717, 1.165) is 6.61 Å². The average Bonchev–Trinajstić information content (AvgIpc) is 2.45. The minimum atomic E-state index is -0.145. The van der Waals surface area contributed by atoms with Crippen molar-refractivity contribution >= 4 is 0 Å². The second kappa shape index (κ2) is 3.08. The summed E-state index contributed by atoms with van der Waals surface area (Å²) in [5, 5.41) is 0. The Balaban J connectivity index is 2.62. The highest BCUT2D eigenvalue weighted by Gasteiger charge is 2.45. The first-order valence-corrected chi connectivity index (χ1v) is 5.59. The topological polar surface area (TPSA) is 9.23 Å². The smallest absolute Gasteiger partial charge is 0.0961 e. The summed E-state index contributed by atoms with van der Waals surface area (Å²) in [7, 11) is 0. The molecule has 1 heterocycles. The van der Waals surface area contributed by atoms with Gasteiger partial charge in [-0.1, -0.05) is 39.0 Å². The molecule has 1 aliphatic rings. The quantitative estimate of drug-likeness (QED) is 0.625. The first-order chi connectivity index (χ1) is 6.86. The Morgan fingerprint density at radius 2 is 1.93 bits per heavy atom. The molecule has 1 aliphatic heterocycles. The normalized spacial score (nSPS) is 25.4. The predicted octanol–water partition coefficient (Wildman–Crippen LogP) is 3.79. The van der Waals surface area contributed by atoms with Gasteiger partial charge in [0.1, 0.15) is 0 Å². The van der Waals surface area contributed by atoms with E-state index in [9.17, 15) is 0 Å². The number of benzene rings is 1. The van der Waals surface area contributed by atoms with E-state index in [1.165, 1.54) is 16.7 Å². The fraction of sp³-hybridized carbons (Fsp3) is 0.571. The molecule has 0 spiro atoms. The summed E-state index contributed by atoms with van der Waals surface area (Å²) < 4.78 is 6.06. The highest BCUT2D eigenvalue weighted by Crippen LogP contribution is 2.49. The molecule has 0 N–H and O–H groups in total. The molecule has 1 nitrogen and oxygen atoms in total. The van der Waals surface area contributed by atoms with E-state index in [0.29, 0.717) is 0 Å². The minimum absolute atomic E-state index is 0.129. The molecule has 0 radical (unpaired) electrons. The van der Waals surface area contributed by atoms with E-state index in [4.69, 9.17) is 4.74 Å². The molecule has 0 fully saturated rings. The van der Waals surface area contributed by atoms with E-state index in [2.05, 4.69) is 52.8 Å². The molecule has 15 heavy (non-hydrogen) atoms. The van der Waals surface area contributed by atoms with Gasteiger partial charge in [0, 0.05) is 0 Å². The number of aryl methyl sites for hydroxylation is 1. The van der Waals surface area contributed by atoms with Crippen LogP contribution < -0.4 is 0 Å². The van der Waals surface area contributed by atoms with Crippen LogP contribution in [0.25, 0.3) is 0 Å². The van der Waals surface area contributed by atoms with Crippen molar-refractivity contribution in [3.05, 3.63) is 34.9 Å². The molecule has 0 bridgehead atoms. The van der Waals surface area contributed by atoms with Crippen molar-refractivity contribution in [3.8, 4) is 0 Å². The van der Waals surface area contributed by atoms with Crippen molar-refractivity contribution in [2.75, 3.05) is 0 Å². The van der Waals surface area contributed by atoms with Gasteiger partial charge in [0.25, 0.3) is 0 Å². The SMILES string of the molecule is Cc1cccc2c1C(C)(C(C)(C)C)OC2. The molecular weight excluding hydrogens is 184 g/mol. The molecule has 82 valence electrons. The van der Waals surface area contributed by atoms with Crippen molar-refractivity contribution in [2.45, 2.75) is 46.8 Å². The summed E-state index contributed by atoms with van der Waals surface area (Å²) in [5.41, 5.74) is 4.09. The zero-order valence-electron chi connectivity index (χ0n) is 10.3. The first-order valence-electron chi connectivity index (χ1n) is 5.59. The maximum Gasteiger partial charge on any atom is 0.0961 e. The van der Waals surface area contributed by atoms with Crippen LogP contribution in [-0.4, -0.2) is 0 Å². The van der Waals surface area contributed by atoms with E-state index in [1.54, 1.807) is 0 Å². The summed E-state index contributed by atoms with van der Waals surface area (Å²) in [5.74, 6) is 0. The molecule has 0 amide bonds. The fourth-order valence-electron chi connectivity index (χ4n) is 2.42. The summed E-state index contributed by atoms with van der Waals surface area (Å²) in [6.07, 6.45) is 0. The van der Waals surface area contributed by atoms with Crippen LogP contribution in [0.15, 0.2) is 18.2 Å². The lowest BCUT2D eigenvalue weighted by molar-refractivity contribution is -0.0995. The van der Waals surface area contributed by atoms with Gasteiger partial charge >= 0.3 is 0 Å². The summed E-state index contributed by atoms with van der Waals surface area (Å²) in [6, 6.07) is 6.47. The Morgan fingerprint density at radius 3 is 2.53 bits per heavy atom. The number of hydrogen-bond donors (Lipinski definition) is 0. The second-order valence-corrected chi connectivity index (χ2v) is 5.68. The maximum atomic E-state index is 6.06. The lowest BCUT2D eigenvalue weighted by Gasteiger charge is -2.39. The number of fused-ring (bicyclic) bond motifs is 1. The molecule has 1 unspecified atom stereocenters. The van der Waals surface area contributed by atoms with E-state index in [1.807, 2.05) is 0 Å². The summed E-state index contributed by atoms with van der Waals surface area (Å²) >= 11 is 0. The molecule has 0 aromatic heterocycles. The van der Waals surface area contributed by atoms with Gasteiger partial charge < -0.3 is 4.74 Å². The molecular formula is C14H20O. The van der Waals surface area contributed by atoms with Crippen molar-refractivity contribution in [2.24, 2.45) is 5.41 Å². The third-order valence-electron chi connectivity index (χ3n) is 3.78. The Kier molecular flexibility index (Phi) is 2.20. The van der Waals surface area contributed by atoms with Crippen LogP contribution in [0.4, 0.5) is 0 Å². The van der Waals surface area contributed by atoms with Crippen LogP contribution >= 0.6 is 0 Å². The van der Waals surface area contributed by atoms with Gasteiger partial charge in [-0.05, 0) is 36.0 Å². The van der Waals surface area contributed by atoms with Crippen LogP contribution in [0.2, 0.25) is 0 Å². The van der Waals surface area contributed by atoms with Crippen LogP contribution in [0, 0.1) is 12.3 Å². The predicted molar refractivity (Wildman–Crippen MR) is 62.8 cm³/mol. The van der Waals surface area contributed by atoms with Crippen LogP contribution in [0.5, 0.6) is 0 Å². The highest BCUT2D eigenvalue weighted by molar-refractivity contribution is 5.42. The highest BCUT2D eigenvalue weighted by atomic mass is 16.5. The maximum absolute atomic E-state index is 6.06. The molecule has 1 aromatic carbocycles. The molecule has 1 aromatic rings. The minimum Gasteiger partial charge on any atom is -0.365 e. The number of ether oxygens (including phenoxy) is 1. The third kappa shape index (κ3) is 1.41. The largest absolute Gasteiger partial charge is 0.365 e. The Labute approximate surface area is 92.5 Å². The molecule has 0 saturated heterocycles. The molecule has 0 aliphatic carbocycles. The summed E-state index contributed by atoms with van der Waals surface area (Å²) in [4.78, 5) is 0. The van der Waals surface area contributed by atoms with E-state index in [-0.39, 0.29) is 11.0 Å². The lowest BCUT2D eigenvalue weighted by Crippen LogP contribution is -2.37. The number of hydrogen-bond acceptors (Lipinski definition) is 1. The number of rotatable bonds is 0. The van der Waals surface area contributed by atoms with Gasteiger partial charge in [-0.15, -0.1) is 0 Å². The van der Waals surface area contributed by atoms with Gasteiger partial charge in [-0.3, -0.25) is 0 Å². The van der Waals surface area contributed by atoms with Gasteiger partial charge in [0.2, 0.25) is 0 Å². The van der Waals surface area contributed by atoms with E-state index < -0.39 is 0 Å². The first kappa shape index (κ1) is 10.7. The van der Waals surface area contributed by atoms with Crippen molar-refractivity contribution in [3.63, 3.8) is 0 Å². The van der Waals surface area contributed by atoms with Crippen LogP contribution in [0.1, 0.15) is 44.4 Å². The van der Waals surface area contributed by atoms with Crippen LogP contribution in [-0.2, 0) is 16.9 Å². The van der Waals surface area contributed by atoms with Gasteiger partial charge in [0.15, 0.2) is 0 Å². The average molecular weight is 204 g/mol. The standard InChI is InChI=1S/C14H20O/c1-10-7-6-8-11-9-15-14(5,12(10)11)13(2,3)4/h6-8H,9H2,1-5H3. The van der Waals surface area contributed by atoms with Crippen molar-refractivity contribution < 1.29 is 4.74 Å². The monoisotopic (exact) mass is 204 g/mol. The van der Waals surface area contributed by atoms with Gasteiger partial charge in [0.05, 0.1) is 12.2 Å².